The molecule has 0 aliphatic carbocycles. The quantitative estimate of drug-likeness (QED) is 0.657. The Kier molecular flexibility index (Phi) is 2.24. The van der Waals surface area contributed by atoms with Crippen LogP contribution >= 0.6 is 0 Å². The van der Waals surface area contributed by atoms with Crippen LogP contribution in [-0.2, 0) is 0 Å². The highest BCUT2D eigenvalue weighted by atomic mass is 16.6. The molecule has 1 aromatic heterocycles. The van der Waals surface area contributed by atoms with Crippen LogP contribution in [0.3, 0.4) is 0 Å². The fourth-order valence-corrected chi connectivity index (χ4v) is 1.40. The lowest BCUT2D eigenvalue weighted by Crippen LogP contribution is -2.21. The number of fused-ring (bicyclic) bond motifs is 1. The van der Waals surface area contributed by atoms with E-state index >= 15 is 0 Å². The van der Waals surface area contributed by atoms with Crippen molar-refractivity contribution in [2.45, 2.75) is 0 Å². The molecule has 16 heavy (non-hydrogen) atoms. The molecule has 2 rings (SSSR count). The number of aromatic nitrogens is 1. The van der Waals surface area contributed by atoms with E-state index in [0.717, 1.165) is 0 Å². The Bertz CT molecular complexity index is 618. The van der Waals surface area contributed by atoms with E-state index in [1.807, 2.05) is 0 Å². The first-order chi connectivity index (χ1) is 7.59. The van der Waals surface area contributed by atoms with Crippen LogP contribution in [-0.4, -0.2) is 16.2 Å². The predicted molar refractivity (Wildman–Crippen MR) is 56.4 cm³/mol. The number of benzene rings is 1. The van der Waals surface area contributed by atoms with Gasteiger partial charge in [-0.25, -0.2) is 4.79 Å². The number of ether oxygens (including phenoxy) is 1. The molecule has 0 bridgehead atoms. The summed E-state index contributed by atoms with van der Waals surface area (Å²) in [5.74, 6) is -0.899. The molecule has 1 heterocycles. The normalized spacial score (nSPS) is 10.2. The van der Waals surface area contributed by atoms with Crippen molar-refractivity contribution < 1.29 is 14.6 Å². The third kappa shape index (κ3) is 1.56. The lowest BCUT2D eigenvalue weighted by molar-refractivity contribution is 0.208. The Morgan fingerprint density at radius 2 is 2.06 bits per heavy atom. The minimum Gasteiger partial charge on any atom is -0.504 e. The van der Waals surface area contributed by atoms with Gasteiger partial charge in [-0.3, -0.25) is 4.79 Å². The molecule has 6 nitrogen and oxygen atoms in total. The van der Waals surface area contributed by atoms with Gasteiger partial charge in [-0.15, -0.1) is 0 Å². The molecule has 0 aliphatic rings. The van der Waals surface area contributed by atoms with Gasteiger partial charge < -0.3 is 20.6 Å². The smallest absolute Gasteiger partial charge is 0.410 e. The standard InChI is InChI=1S/C10H8N2O4/c11-10(15)16-8-7(13)5-3-1-2-4-6(5)12-9(8)14/h1-4H,(H2,11,15)(H2,12,13,14). The van der Waals surface area contributed by atoms with Gasteiger partial charge in [0, 0.05) is 5.39 Å². The number of H-pyrrole nitrogens is 1. The number of aromatic hydroxyl groups is 1. The summed E-state index contributed by atoms with van der Waals surface area (Å²) in [6, 6.07) is 6.57. The molecule has 1 aromatic carbocycles. The van der Waals surface area contributed by atoms with E-state index in [9.17, 15) is 14.7 Å². The van der Waals surface area contributed by atoms with Gasteiger partial charge in [0.05, 0.1) is 5.52 Å². The molecule has 0 radical (unpaired) electrons. The fourth-order valence-electron chi connectivity index (χ4n) is 1.40. The highest BCUT2D eigenvalue weighted by Crippen LogP contribution is 2.29. The van der Waals surface area contributed by atoms with E-state index in [1.165, 1.54) is 0 Å². The fraction of sp³-hybridized carbons (Fsp3) is 0. The summed E-state index contributed by atoms with van der Waals surface area (Å²) in [6.45, 7) is 0. The van der Waals surface area contributed by atoms with Crippen LogP contribution in [0.25, 0.3) is 10.9 Å². The van der Waals surface area contributed by atoms with Gasteiger partial charge in [0.25, 0.3) is 5.56 Å². The minimum absolute atomic E-state index is 0.373. The molecule has 0 unspecified atom stereocenters. The van der Waals surface area contributed by atoms with Crippen LogP contribution in [0.1, 0.15) is 0 Å². The highest BCUT2D eigenvalue weighted by molar-refractivity contribution is 5.87. The van der Waals surface area contributed by atoms with Crippen molar-refractivity contribution in [2.24, 2.45) is 5.73 Å². The van der Waals surface area contributed by atoms with Crippen molar-refractivity contribution in [1.82, 2.24) is 4.98 Å². The van der Waals surface area contributed by atoms with E-state index in [0.29, 0.717) is 10.9 Å². The molecule has 0 aliphatic heterocycles. The Morgan fingerprint density at radius 3 is 2.75 bits per heavy atom. The molecule has 4 N–H and O–H groups in total. The molecule has 0 spiro atoms. The summed E-state index contributed by atoms with van der Waals surface area (Å²) in [7, 11) is 0. The van der Waals surface area contributed by atoms with Crippen LogP contribution < -0.4 is 16.0 Å². The number of para-hydroxylation sites is 1. The average Bonchev–Trinajstić information content (AvgIpc) is 2.24. The van der Waals surface area contributed by atoms with Crippen molar-refractivity contribution >= 4 is 17.0 Å². The largest absolute Gasteiger partial charge is 0.504 e. The van der Waals surface area contributed by atoms with E-state index in [2.05, 4.69) is 9.72 Å². The monoisotopic (exact) mass is 220 g/mol. The maximum atomic E-state index is 11.4. The molecular formula is C10H8N2O4. The first kappa shape index (κ1) is 10.0. The summed E-state index contributed by atoms with van der Waals surface area (Å²) >= 11 is 0. The zero-order chi connectivity index (χ0) is 11.7. The first-order valence-electron chi connectivity index (χ1n) is 4.41. The van der Waals surface area contributed by atoms with Crippen LogP contribution in [0.15, 0.2) is 29.1 Å². The average molecular weight is 220 g/mol. The lowest BCUT2D eigenvalue weighted by Gasteiger charge is -2.05. The maximum Gasteiger partial charge on any atom is 0.410 e. The number of nitrogens with two attached hydrogens (primary N) is 1. The van der Waals surface area contributed by atoms with E-state index in [-0.39, 0.29) is 0 Å². The first-order valence-corrected chi connectivity index (χ1v) is 4.41. The van der Waals surface area contributed by atoms with Gasteiger partial charge in [-0.05, 0) is 12.1 Å². The second kappa shape index (κ2) is 3.58. The number of amides is 1. The van der Waals surface area contributed by atoms with Gasteiger partial charge in [-0.2, -0.15) is 0 Å². The Hall–Kier alpha value is -2.50. The number of hydrogen-bond donors (Lipinski definition) is 3. The van der Waals surface area contributed by atoms with Gasteiger partial charge >= 0.3 is 6.09 Å². The highest BCUT2D eigenvalue weighted by Gasteiger charge is 2.14. The molecular weight excluding hydrogens is 212 g/mol. The maximum absolute atomic E-state index is 11.4. The van der Waals surface area contributed by atoms with Crippen molar-refractivity contribution in [3.63, 3.8) is 0 Å². The second-order valence-corrected chi connectivity index (χ2v) is 3.10. The number of carbonyl (C=O) groups is 1. The summed E-state index contributed by atoms with van der Waals surface area (Å²) in [4.78, 5) is 24.4. The summed E-state index contributed by atoms with van der Waals surface area (Å²) in [5.41, 5.74) is 4.51. The van der Waals surface area contributed by atoms with Crippen molar-refractivity contribution in [3.8, 4) is 11.5 Å². The number of primary amides is 1. The third-order valence-electron chi connectivity index (χ3n) is 2.05. The second-order valence-electron chi connectivity index (χ2n) is 3.10. The zero-order valence-electron chi connectivity index (χ0n) is 8.06. The van der Waals surface area contributed by atoms with E-state index < -0.39 is 23.2 Å². The zero-order valence-corrected chi connectivity index (χ0v) is 8.06. The molecule has 0 fully saturated rings. The van der Waals surface area contributed by atoms with Crippen molar-refractivity contribution in [1.29, 1.82) is 0 Å². The molecule has 2 aromatic rings. The van der Waals surface area contributed by atoms with Crippen LogP contribution in [0.5, 0.6) is 11.5 Å². The van der Waals surface area contributed by atoms with Crippen LogP contribution in [0.2, 0.25) is 0 Å². The summed E-state index contributed by atoms with van der Waals surface area (Å²) < 4.78 is 4.43. The third-order valence-corrected chi connectivity index (χ3v) is 2.05. The minimum atomic E-state index is -1.16. The molecule has 0 saturated carbocycles. The Balaban J connectivity index is 2.75. The molecule has 6 heteroatoms. The van der Waals surface area contributed by atoms with Gasteiger partial charge in [0.1, 0.15) is 0 Å². The number of pyridine rings is 1. The number of hydrogen-bond acceptors (Lipinski definition) is 4. The van der Waals surface area contributed by atoms with Gasteiger partial charge in [0.15, 0.2) is 5.75 Å². The predicted octanol–water partition coefficient (Wildman–Crippen LogP) is 0.691. The van der Waals surface area contributed by atoms with Gasteiger partial charge in [-0.1, -0.05) is 12.1 Å². The number of nitrogens with one attached hydrogen (secondary N) is 1. The lowest BCUT2D eigenvalue weighted by atomic mass is 10.2. The molecule has 1 amide bonds. The molecule has 0 saturated heterocycles. The number of carbonyl (C=O) groups excluding carboxylic acids is 1. The van der Waals surface area contributed by atoms with E-state index in [4.69, 9.17) is 5.73 Å². The molecule has 82 valence electrons. The SMILES string of the molecule is NC(=O)Oc1c(O)c2ccccc2[nH]c1=O. The topological polar surface area (TPSA) is 105 Å². The number of aromatic amines is 1. The van der Waals surface area contributed by atoms with Crippen molar-refractivity contribution in [2.75, 3.05) is 0 Å². The summed E-state index contributed by atoms with van der Waals surface area (Å²) in [5, 5.41) is 10.1. The van der Waals surface area contributed by atoms with Crippen LogP contribution in [0.4, 0.5) is 4.79 Å². The number of rotatable bonds is 1. The van der Waals surface area contributed by atoms with Crippen LogP contribution in [0, 0.1) is 0 Å². The van der Waals surface area contributed by atoms with Gasteiger partial charge in [0.2, 0.25) is 5.75 Å². The van der Waals surface area contributed by atoms with Crippen molar-refractivity contribution in [3.05, 3.63) is 34.6 Å². The molecule has 0 atom stereocenters. The Morgan fingerprint density at radius 1 is 1.38 bits per heavy atom. The Labute approximate surface area is 89.3 Å². The van der Waals surface area contributed by atoms with E-state index in [1.54, 1.807) is 24.3 Å². The summed E-state index contributed by atoms with van der Waals surface area (Å²) in [6.07, 6.45) is -1.16.